The van der Waals surface area contributed by atoms with Gasteiger partial charge in [-0.3, -0.25) is 0 Å². The van der Waals surface area contributed by atoms with Crippen molar-refractivity contribution in [1.82, 2.24) is 0 Å². The van der Waals surface area contributed by atoms with Crippen LogP contribution in [-0.2, 0) is 10.8 Å². The minimum Gasteiger partial charge on any atom is -0.231 e. The van der Waals surface area contributed by atoms with E-state index in [4.69, 9.17) is 0 Å². The lowest BCUT2D eigenvalue weighted by atomic mass is 9.68. The van der Waals surface area contributed by atoms with Crippen LogP contribution in [0.3, 0.4) is 0 Å². The summed E-state index contributed by atoms with van der Waals surface area (Å²) in [6.07, 6.45) is 15.0. The molecule has 36 heavy (non-hydrogen) atoms. The lowest BCUT2D eigenvalue weighted by Gasteiger charge is -2.36. The average Bonchev–Trinajstić information content (AvgIpc) is 3.59. The SMILES string of the molecule is N#CC(C#N)=NC1=Cc2sc3c4c(sc3c2C12CCCCC2)C=C(N=C(C#N)C#N)C41CCCCC1. The lowest BCUT2D eigenvalue weighted by Crippen LogP contribution is -2.29. The molecule has 0 aromatic carbocycles. The zero-order valence-corrected chi connectivity index (χ0v) is 21.4. The summed E-state index contributed by atoms with van der Waals surface area (Å²) in [7, 11) is 0. The van der Waals surface area contributed by atoms with Gasteiger partial charge in [-0.25, -0.2) is 9.98 Å². The molecule has 2 saturated carbocycles. The molecule has 2 spiro atoms. The van der Waals surface area contributed by atoms with Gasteiger partial charge in [-0.1, -0.05) is 38.5 Å². The molecule has 2 heterocycles. The summed E-state index contributed by atoms with van der Waals surface area (Å²) in [5.74, 6) is 0. The molecule has 2 aromatic rings. The molecule has 0 amide bonds. The highest BCUT2D eigenvalue weighted by Gasteiger charge is 2.50. The van der Waals surface area contributed by atoms with E-state index in [-0.39, 0.29) is 22.3 Å². The molecule has 0 radical (unpaired) electrons. The fourth-order valence-corrected chi connectivity index (χ4v) is 10.0. The van der Waals surface area contributed by atoms with Gasteiger partial charge in [-0.05, 0) is 37.8 Å². The van der Waals surface area contributed by atoms with Crippen molar-refractivity contribution in [2.75, 3.05) is 0 Å². The van der Waals surface area contributed by atoms with E-state index in [1.54, 1.807) is 22.7 Å². The van der Waals surface area contributed by atoms with Crippen molar-refractivity contribution in [2.45, 2.75) is 75.0 Å². The molecule has 0 bridgehead atoms. The van der Waals surface area contributed by atoms with Crippen molar-refractivity contribution >= 4 is 55.6 Å². The third kappa shape index (κ3) is 3.09. The first-order chi connectivity index (χ1) is 17.6. The number of nitrogens with zero attached hydrogens (tertiary/aromatic N) is 6. The second kappa shape index (κ2) is 8.53. The molecule has 4 aliphatic carbocycles. The van der Waals surface area contributed by atoms with Crippen molar-refractivity contribution in [1.29, 1.82) is 21.0 Å². The van der Waals surface area contributed by atoms with E-state index in [9.17, 15) is 21.0 Å². The van der Waals surface area contributed by atoms with Crippen LogP contribution in [0.2, 0.25) is 0 Å². The van der Waals surface area contributed by atoms with Crippen molar-refractivity contribution in [2.24, 2.45) is 9.98 Å². The van der Waals surface area contributed by atoms with Crippen LogP contribution in [0.15, 0.2) is 21.4 Å². The van der Waals surface area contributed by atoms with Gasteiger partial charge in [0.15, 0.2) is 0 Å². The highest BCUT2D eigenvalue weighted by Crippen LogP contribution is 2.63. The molecule has 0 saturated heterocycles. The molecule has 0 unspecified atom stereocenters. The Morgan fingerprint density at radius 1 is 0.611 bits per heavy atom. The number of fused-ring (bicyclic) bond motifs is 7. The van der Waals surface area contributed by atoms with E-state index in [1.807, 2.05) is 24.3 Å². The zero-order valence-electron chi connectivity index (χ0n) is 19.7. The quantitative estimate of drug-likeness (QED) is 0.405. The van der Waals surface area contributed by atoms with Gasteiger partial charge in [0.1, 0.15) is 24.3 Å². The van der Waals surface area contributed by atoms with Gasteiger partial charge in [0.2, 0.25) is 11.4 Å². The first-order valence-electron chi connectivity index (χ1n) is 12.4. The Morgan fingerprint density at radius 3 is 1.31 bits per heavy atom. The maximum atomic E-state index is 9.37. The van der Waals surface area contributed by atoms with E-state index in [2.05, 4.69) is 22.1 Å². The third-order valence-corrected chi connectivity index (χ3v) is 10.8. The van der Waals surface area contributed by atoms with E-state index in [0.717, 1.165) is 62.8 Å². The van der Waals surface area contributed by atoms with E-state index >= 15 is 0 Å². The second-order valence-electron chi connectivity index (χ2n) is 10.1. The molecule has 2 aromatic heterocycles. The number of hydrogen-bond donors (Lipinski definition) is 0. The summed E-state index contributed by atoms with van der Waals surface area (Å²) in [6, 6.07) is 7.78. The summed E-state index contributed by atoms with van der Waals surface area (Å²) >= 11 is 3.60. The molecule has 6 rings (SSSR count). The summed E-state index contributed by atoms with van der Waals surface area (Å²) in [4.78, 5) is 11.5. The summed E-state index contributed by atoms with van der Waals surface area (Å²) in [5, 5.41) is 37.5. The molecular weight excluding hydrogens is 484 g/mol. The summed E-state index contributed by atoms with van der Waals surface area (Å²) in [6.45, 7) is 0. The smallest absolute Gasteiger partial charge is 0.218 e. The van der Waals surface area contributed by atoms with E-state index in [0.29, 0.717) is 0 Å². The van der Waals surface area contributed by atoms with Gasteiger partial charge in [-0.15, -0.1) is 22.7 Å². The Morgan fingerprint density at radius 2 is 0.972 bits per heavy atom. The fraction of sp³-hybridized carbons (Fsp3) is 0.429. The number of thiophene rings is 2. The van der Waals surface area contributed by atoms with Gasteiger partial charge in [-0.2, -0.15) is 21.0 Å². The van der Waals surface area contributed by atoms with Crippen molar-refractivity contribution in [3.63, 3.8) is 0 Å². The number of rotatable bonds is 2. The van der Waals surface area contributed by atoms with Crippen LogP contribution in [-0.4, -0.2) is 11.4 Å². The molecule has 0 N–H and O–H groups in total. The first kappa shape index (κ1) is 22.9. The van der Waals surface area contributed by atoms with Crippen LogP contribution in [0.4, 0.5) is 0 Å². The van der Waals surface area contributed by atoms with Crippen molar-refractivity contribution in [3.05, 3.63) is 32.3 Å². The second-order valence-corrected chi connectivity index (χ2v) is 12.2. The van der Waals surface area contributed by atoms with Gasteiger partial charge in [0.05, 0.1) is 20.8 Å². The Bertz CT molecular complexity index is 1430. The van der Waals surface area contributed by atoms with Crippen LogP contribution in [0.1, 0.15) is 85.1 Å². The maximum absolute atomic E-state index is 9.37. The minimum absolute atomic E-state index is 0.0799. The van der Waals surface area contributed by atoms with Crippen molar-refractivity contribution in [3.8, 4) is 24.3 Å². The summed E-state index contributed by atoms with van der Waals surface area (Å²) in [5.41, 5.74) is 3.80. The fourth-order valence-electron chi connectivity index (χ4n) is 6.85. The largest absolute Gasteiger partial charge is 0.231 e. The van der Waals surface area contributed by atoms with Gasteiger partial charge in [0, 0.05) is 31.7 Å². The molecule has 0 aliphatic heterocycles. The molecule has 4 aliphatic rings. The Kier molecular flexibility index (Phi) is 5.42. The minimum atomic E-state index is -0.234. The Labute approximate surface area is 217 Å². The molecule has 2 fully saturated rings. The Balaban J connectivity index is 1.56. The monoisotopic (exact) mass is 506 g/mol. The molecular formula is C28H22N6S2. The van der Waals surface area contributed by atoms with Gasteiger partial charge < -0.3 is 0 Å². The highest BCUT2D eigenvalue weighted by molar-refractivity contribution is 7.29. The summed E-state index contributed by atoms with van der Waals surface area (Å²) < 4.78 is 2.62. The number of allylic oxidation sites excluding steroid dienone is 2. The Hall–Kier alpha value is -3.56. The molecule has 0 atom stereocenters. The van der Waals surface area contributed by atoms with Crippen LogP contribution < -0.4 is 0 Å². The van der Waals surface area contributed by atoms with Crippen LogP contribution in [0, 0.1) is 45.3 Å². The topological polar surface area (TPSA) is 120 Å². The predicted octanol–water partition coefficient (Wildman–Crippen LogP) is 7.05. The van der Waals surface area contributed by atoms with Gasteiger partial charge in [0.25, 0.3) is 0 Å². The lowest BCUT2D eigenvalue weighted by molar-refractivity contribution is 0.345. The van der Waals surface area contributed by atoms with E-state index in [1.165, 1.54) is 43.1 Å². The van der Waals surface area contributed by atoms with Crippen molar-refractivity contribution < 1.29 is 0 Å². The normalized spacial score (nSPS) is 20.3. The molecule has 176 valence electrons. The van der Waals surface area contributed by atoms with Crippen LogP contribution >= 0.6 is 22.7 Å². The number of nitriles is 4. The third-order valence-electron chi connectivity index (χ3n) is 8.35. The maximum Gasteiger partial charge on any atom is 0.218 e. The number of aliphatic imine (C=N–C) groups is 2. The molecule has 6 nitrogen and oxygen atoms in total. The predicted molar refractivity (Wildman–Crippen MR) is 143 cm³/mol. The van der Waals surface area contributed by atoms with Gasteiger partial charge >= 0.3 is 0 Å². The van der Waals surface area contributed by atoms with E-state index < -0.39 is 0 Å². The first-order valence-corrected chi connectivity index (χ1v) is 14.1. The molecule has 8 heteroatoms. The van der Waals surface area contributed by atoms with Crippen LogP contribution in [0.25, 0.3) is 21.6 Å². The number of hydrogen-bond acceptors (Lipinski definition) is 8. The van der Waals surface area contributed by atoms with Crippen LogP contribution in [0.5, 0.6) is 0 Å². The zero-order chi connectivity index (χ0) is 24.9. The average molecular weight is 507 g/mol. The standard InChI is InChI=1S/C28H22N6S2/c29-13-17(14-30)33-21-11-19-23(27(21)7-3-1-4-8-27)25-26(35-19)24-20(36-25)12-22(34-18(15-31)16-32)28(24)9-5-2-6-10-28/h11-12H,1-10H2. The highest BCUT2D eigenvalue weighted by atomic mass is 32.1.